The monoisotopic (exact) mass is 435 g/mol. The van der Waals surface area contributed by atoms with Crippen molar-refractivity contribution in [1.82, 2.24) is 0 Å². The maximum absolute atomic E-state index is 12.2. The van der Waals surface area contributed by atoms with E-state index in [2.05, 4.69) is 5.32 Å². The first kappa shape index (κ1) is 21.7. The number of nitrogens with one attached hydrogen (secondary N) is 1. The lowest BCUT2D eigenvalue weighted by atomic mass is 10.1. The summed E-state index contributed by atoms with van der Waals surface area (Å²) in [7, 11) is 0. The molecule has 27 heavy (non-hydrogen) atoms. The van der Waals surface area contributed by atoms with Gasteiger partial charge in [-0.15, -0.1) is 34.5 Å². The number of hydrogen-bond donors (Lipinski definition) is 1. The van der Waals surface area contributed by atoms with Crippen LogP contribution in [0.5, 0.6) is 0 Å². The largest absolute Gasteiger partial charge is 0.462 e. The van der Waals surface area contributed by atoms with Crippen molar-refractivity contribution >= 4 is 63.2 Å². The molecule has 1 aromatic rings. The molecule has 1 aromatic heterocycles. The molecule has 0 radical (unpaired) electrons. The summed E-state index contributed by atoms with van der Waals surface area (Å²) in [4.78, 5) is 48.5. The number of alkyl halides is 2. The van der Waals surface area contributed by atoms with Crippen molar-refractivity contribution in [2.45, 2.75) is 38.4 Å². The smallest absolute Gasteiger partial charge is 0.341 e. The Bertz CT molecular complexity index is 819. The fourth-order valence-corrected chi connectivity index (χ4v) is 4.26. The van der Waals surface area contributed by atoms with Crippen LogP contribution in [0, 0.1) is 12.3 Å². The number of ether oxygens (including phenoxy) is 2. The molecule has 0 aromatic carbocycles. The van der Waals surface area contributed by atoms with Crippen LogP contribution in [0.1, 0.15) is 52.8 Å². The normalized spacial score (nSPS) is 19.9. The van der Waals surface area contributed by atoms with Crippen LogP contribution in [-0.4, -0.2) is 41.2 Å². The number of amides is 1. The predicted molar refractivity (Wildman–Crippen MR) is 102 cm³/mol. The molecule has 2 rings (SSSR count). The minimum atomic E-state index is -1.20. The Morgan fingerprint density at radius 3 is 2.30 bits per heavy atom. The van der Waals surface area contributed by atoms with Crippen molar-refractivity contribution in [3.05, 3.63) is 16.0 Å². The van der Waals surface area contributed by atoms with Crippen LogP contribution in [0.15, 0.2) is 0 Å². The maximum atomic E-state index is 12.2. The van der Waals surface area contributed by atoms with Crippen LogP contribution in [-0.2, 0) is 19.1 Å². The molecule has 1 amide bonds. The molecule has 10 heteroatoms. The number of hydrogen-bond acceptors (Lipinski definition) is 7. The zero-order chi connectivity index (χ0) is 20.6. The van der Waals surface area contributed by atoms with Crippen molar-refractivity contribution in [2.24, 2.45) is 5.41 Å². The zero-order valence-electron chi connectivity index (χ0n) is 15.2. The van der Waals surface area contributed by atoms with E-state index in [-0.39, 0.29) is 29.4 Å². The van der Waals surface area contributed by atoms with Crippen LogP contribution in [0.2, 0.25) is 0 Å². The quantitative estimate of drug-likeness (QED) is 0.399. The van der Waals surface area contributed by atoms with E-state index < -0.39 is 34.2 Å². The topological polar surface area (TPSA) is 98.8 Å². The van der Waals surface area contributed by atoms with Gasteiger partial charge in [-0.05, 0) is 33.3 Å². The predicted octanol–water partition coefficient (Wildman–Crippen LogP) is 3.50. The van der Waals surface area contributed by atoms with E-state index >= 15 is 0 Å². The van der Waals surface area contributed by atoms with Crippen LogP contribution in [0.3, 0.4) is 0 Å². The molecule has 1 saturated carbocycles. The van der Waals surface area contributed by atoms with Crippen LogP contribution in [0.25, 0.3) is 0 Å². The highest BCUT2D eigenvalue weighted by Crippen LogP contribution is 2.64. The number of carbonyl (C=O) groups excluding carboxylic acids is 4. The number of thiophene rings is 1. The summed E-state index contributed by atoms with van der Waals surface area (Å²) in [6, 6.07) is 0. The fraction of sp³-hybridized carbons (Fsp3) is 0.529. The third kappa shape index (κ3) is 4.28. The Kier molecular flexibility index (Phi) is 6.23. The standard InChI is InChI=1S/C17H19Cl2NO6S/c1-5-25-14(23)11-8(2)12(9(3)21)27-13(11)20-10(22)6-26-15(24)16(4)7-17(16,18)19/h5-7H2,1-4H3,(H,20,22)/t16-/m1/s1. The Hall–Kier alpha value is -1.64. The van der Waals surface area contributed by atoms with E-state index in [4.69, 9.17) is 32.7 Å². The summed E-state index contributed by atoms with van der Waals surface area (Å²) in [5.74, 6) is -2.23. The first-order chi connectivity index (χ1) is 12.4. The molecule has 0 bridgehead atoms. The zero-order valence-corrected chi connectivity index (χ0v) is 17.6. The number of ketones is 1. The minimum Gasteiger partial charge on any atom is -0.462 e. The Morgan fingerprint density at radius 2 is 1.81 bits per heavy atom. The van der Waals surface area contributed by atoms with Crippen LogP contribution in [0.4, 0.5) is 5.00 Å². The number of Topliss-reactive ketones (excluding diaryl/α,β-unsaturated/α-hetero) is 1. The third-order valence-electron chi connectivity index (χ3n) is 4.24. The lowest BCUT2D eigenvalue weighted by Crippen LogP contribution is -2.27. The molecule has 1 aliphatic rings. The highest BCUT2D eigenvalue weighted by molar-refractivity contribution is 7.18. The molecule has 1 heterocycles. The van der Waals surface area contributed by atoms with Gasteiger partial charge < -0.3 is 14.8 Å². The van der Waals surface area contributed by atoms with E-state index in [1.165, 1.54) is 6.92 Å². The van der Waals surface area contributed by atoms with Crippen molar-refractivity contribution in [3.8, 4) is 0 Å². The van der Waals surface area contributed by atoms with Crippen LogP contribution >= 0.6 is 34.5 Å². The average molecular weight is 436 g/mol. The summed E-state index contributed by atoms with van der Waals surface area (Å²) >= 11 is 12.8. The van der Waals surface area contributed by atoms with Gasteiger partial charge in [0.05, 0.1) is 17.0 Å². The van der Waals surface area contributed by atoms with Gasteiger partial charge in [0, 0.05) is 6.42 Å². The van der Waals surface area contributed by atoms with Gasteiger partial charge in [-0.1, -0.05) is 0 Å². The van der Waals surface area contributed by atoms with Gasteiger partial charge in [0.1, 0.15) is 14.7 Å². The second-order valence-corrected chi connectivity index (χ2v) is 8.88. The van der Waals surface area contributed by atoms with Gasteiger partial charge in [0.25, 0.3) is 5.91 Å². The van der Waals surface area contributed by atoms with E-state index in [0.29, 0.717) is 10.4 Å². The van der Waals surface area contributed by atoms with Crippen molar-refractivity contribution in [2.75, 3.05) is 18.5 Å². The Labute approximate surface area is 170 Å². The van der Waals surface area contributed by atoms with Gasteiger partial charge in [-0.25, -0.2) is 4.79 Å². The summed E-state index contributed by atoms with van der Waals surface area (Å²) in [6.45, 7) is 5.73. The molecule has 1 aliphatic carbocycles. The van der Waals surface area contributed by atoms with Gasteiger partial charge in [0.2, 0.25) is 0 Å². The molecular formula is C17H19Cl2NO6S. The second-order valence-electron chi connectivity index (χ2n) is 6.37. The SMILES string of the molecule is CCOC(=O)c1c(NC(=O)COC(=O)[C@@]2(C)CC2(Cl)Cl)sc(C(C)=O)c1C. The Morgan fingerprint density at radius 1 is 1.22 bits per heavy atom. The van der Waals surface area contributed by atoms with Gasteiger partial charge in [0.15, 0.2) is 12.4 Å². The number of halogens is 2. The molecule has 7 nitrogen and oxygen atoms in total. The summed E-state index contributed by atoms with van der Waals surface area (Å²) in [5.41, 5.74) is -0.507. The molecule has 1 N–H and O–H groups in total. The van der Waals surface area contributed by atoms with E-state index in [0.717, 1.165) is 11.3 Å². The number of esters is 2. The molecular weight excluding hydrogens is 417 g/mol. The first-order valence-electron chi connectivity index (χ1n) is 8.11. The Balaban J connectivity index is 2.10. The molecule has 0 saturated heterocycles. The van der Waals surface area contributed by atoms with Crippen molar-refractivity contribution in [1.29, 1.82) is 0 Å². The summed E-state index contributed by atoms with van der Waals surface area (Å²) < 4.78 is 8.77. The van der Waals surface area contributed by atoms with E-state index in [1.807, 2.05) is 0 Å². The van der Waals surface area contributed by atoms with Gasteiger partial charge >= 0.3 is 11.9 Å². The summed E-state index contributed by atoms with van der Waals surface area (Å²) in [5, 5.41) is 2.66. The molecule has 0 spiro atoms. The number of anilines is 1. The molecule has 148 valence electrons. The van der Waals surface area contributed by atoms with Crippen molar-refractivity contribution in [3.63, 3.8) is 0 Å². The molecule has 1 atom stereocenters. The first-order valence-corrected chi connectivity index (χ1v) is 9.68. The molecule has 0 aliphatic heterocycles. The minimum absolute atomic E-state index is 0.112. The maximum Gasteiger partial charge on any atom is 0.341 e. The number of carbonyl (C=O) groups is 4. The molecule has 1 fully saturated rings. The number of rotatable bonds is 7. The fourth-order valence-electron chi connectivity index (χ4n) is 2.46. The second kappa shape index (κ2) is 7.77. The lowest BCUT2D eigenvalue weighted by molar-refractivity contribution is -0.152. The van der Waals surface area contributed by atoms with Gasteiger partial charge in [-0.3, -0.25) is 14.4 Å². The van der Waals surface area contributed by atoms with E-state index in [9.17, 15) is 19.2 Å². The summed E-state index contributed by atoms with van der Waals surface area (Å²) in [6.07, 6.45) is 0.239. The third-order valence-corrected chi connectivity index (χ3v) is 6.65. The highest BCUT2D eigenvalue weighted by Gasteiger charge is 2.69. The highest BCUT2D eigenvalue weighted by atomic mass is 35.5. The van der Waals surface area contributed by atoms with Crippen molar-refractivity contribution < 1.29 is 28.7 Å². The average Bonchev–Trinajstić information content (AvgIpc) is 2.92. The van der Waals surface area contributed by atoms with Gasteiger partial charge in [-0.2, -0.15) is 0 Å². The lowest BCUT2D eigenvalue weighted by Gasteiger charge is -2.12. The molecule has 0 unspecified atom stereocenters. The van der Waals surface area contributed by atoms with E-state index in [1.54, 1.807) is 20.8 Å². The van der Waals surface area contributed by atoms with Crippen LogP contribution < -0.4 is 5.32 Å².